The van der Waals surface area contributed by atoms with Crippen molar-refractivity contribution in [1.82, 2.24) is 19.7 Å². The number of carbonyl (C=O) groups excluding carboxylic acids is 1. The van der Waals surface area contributed by atoms with Crippen LogP contribution in [0, 0.1) is 13.8 Å². The van der Waals surface area contributed by atoms with Gasteiger partial charge in [-0.05, 0) is 43.7 Å². The molecule has 0 N–H and O–H groups in total. The first-order valence-corrected chi connectivity index (χ1v) is 15.2. The number of esters is 1. The lowest BCUT2D eigenvalue weighted by Crippen LogP contribution is -2.36. The number of hydrogen-bond acceptors (Lipinski definition) is 9. The molecule has 1 aliphatic heterocycles. The number of hydrogen-bond donors (Lipinski definition) is 0. The number of benzene rings is 1. The number of nitrogens with zero attached hydrogens (tertiary/aromatic N) is 5. The predicted molar refractivity (Wildman–Crippen MR) is 163 cm³/mol. The normalized spacial score (nSPS) is 13.8. The highest BCUT2D eigenvalue weighted by Crippen LogP contribution is 2.42. The number of thiazole rings is 1. The molecule has 40 heavy (non-hydrogen) atoms. The number of pyridine rings is 1. The molecule has 12 heteroatoms. The molecule has 0 amide bonds. The standard InChI is InChI=1S/C28H29Cl2N5O3S2/c1-15(2)39-27-24(18-6-7-20(29)21(30)13-18)32-28(40-27)35-25(26(36)37-5)23(17(4)33-35)19-12-16(3)31-22(14-19)34-8-10-38-11-9-34/h6-7,12-15H,8-11H2,1-5H3. The van der Waals surface area contributed by atoms with Crippen LogP contribution in [-0.2, 0) is 9.47 Å². The lowest BCUT2D eigenvalue weighted by molar-refractivity contribution is 0.0591. The molecule has 0 atom stereocenters. The van der Waals surface area contributed by atoms with Gasteiger partial charge >= 0.3 is 5.97 Å². The van der Waals surface area contributed by atoms with E-state index in [1.165, 1.54) is 18.4 Å². The van der Waals surface area contributed by atoms with E-state index in [2.05, 4.69) is 18.7 Å². The molecule has 8 nitrogen and oxygen atoms in total. The van der Waals surface area contributed by atoms with Crippen LogP contribution in [-0.4, -0.2) is 64.4 Å². The molecule has 210 valence electrons. The largest absolute Gasteiger partial charge is 0.464 e. The lowest BCUT2D eigenvalue weighted by Gasteiger charge is -2.28. The van der Waals surface area contributed by atoms with Crippen molar-refractivity contribution in [3.63, 3.8) is 0 Å². The second kappa shape index (κ2) is 12.1. The Bertz CT molecular complexity index is 1560. The predicted octanol–water partition coefficient (Wildman–Crippen LogP) is 7.11. The second-order valence-corrected chi connectivity index (χ2v) is 13.2. The number of rotatable bonds is 7. The van der Waals surface area contributed by atoms with Gasteiger partial charge in [-0.15, -0.1) is 11.8 Å². The van der Waals surface area contributed by atoms with Crippen LogP contribution >= 0.6 is 46.3 Å². The van der Waals surface area contributed by atoms with Gasteiger partial charge < -0.3 is 14.4 Å². The SMILES string of the molecule is COC(=O)c1c(-c2cc(C)nc(N3CCOCC3)c2)c(C)nn1-c1nc(-c2ccc(Cl)c(Cl)c2)c(SC(C)C)s1. The number of thioether (sulfide) groups is 1. The molecule has 0 aliphatic carbocycles. The quantitative estimate of drug-likeness (QED) is 0.160. The van der Waals surface area contributed by atoms with E-state index in [0.717, 1.165) is 45.6 Å². The van der Waals surface area contributed by atoms with Gasteiger partial charge in [-0.2, -0.15) is 9.78 Å². The van der Waals surface area contributed by atoms with Crippen molar-refractivity contribution in [1.29, 1.82) is 0 Å². The molecule has 0 radical (unpaired) electrons. The van der Waals surface area contributed by atoms with Crippen LogP contribution in [0.25, 0.3) is 27.5 Å². The van der Waals surface area contributed by atoms with Crippen LogP contribution in [0.15, 0.2) is 34.5 Å². The number of methoxy groups -OCH3 is 1. The minimum absolute atomic E-state index is 0.309. The Labute approximate surface area is 251 Å². The van der Waals surface area contributed by atoms with E-state index in [1.54, 1.807) is 28.6 Å². The maximum absolute atomic E-state index is 13.3. The lowest BCUT2D eigenvalue weighted by atomic mass is 10.0. The molecule has 0 unspecified atom stereocenters. The van der Waals surface area contributed by atoms with E-state index >= 15 is 0 Å². The number of ether oxygens (including phenoxy) is 2. The van der Waals surface area contributed by atoms with Gasteiger partial charge in [0.1, 0.15) is 5.82 Å². The molecule has 0 spiro atoms. The highest BCUT2D eigenvalue weighted by atomic mass is 35.5. The number of halogens is 2. The Hall–Kier alpha value is -2.63. The number of aryl methyl sites for hydroxylation is 2. The maximum Gasteiger partial charge on any atom is 0.357 e. The zero-order valence-corrected chi connectivity index (χ0v) is 26.0. The highest BCUT2D eigenvalue weighted by molar-refractivity contribution is 8.01. The average molecular weight is 619 g/mol. The first kappa shape index (κ1) is 28.9. The first-order valence-electron chi connectivity index (χ1n) is 12.8. The monoisotopic (exact) mass is 617 g/mol. The molecule has 3 aromatic heterocycles. The van der Waals surface area contributed by atoms with Crippen LogP contribution in [0.3, 0.4) is 0 Å². The van der Waals surface area contributed by atoms with Gasteiger partial charge in [-0.1, -0.05) is 54.5 Å². The fraction of sp³-hybridized carbons (Fsp3) is 0.357. The van der Waals surface area contributed by atoms with Crippen molar-refractivity contribution in [3.05, 3.63) is 57.5 Å². The van der Waals surface area contributed by atoms with E-state index in [4.69, 9.17) is 47.7 Å². The van der Waals surface area contributed by atoms with E-state index in [0.29, 0.717) is 50.6 Å². The molecule has 4 aromatic rings. The molecule has 1 aromatic carbocycles. The summed E-state index contributed by atoms with van der Waals surface area (Å²) in [5, 5.41) is 6.60. The molecule has 1 saturated heterocycles. The number of aromatic nitrogens is 4. The number of anilines is 1. The molecular formula is C28H29Cl2N5O3S2. The molecule has 0 saturated carbocycles. The Morgan fingerprint density at radius 1 is 1.07 bits per heavy atom. The number of carbonyl (C=O) groups is 1. The molecule has 1 aliphatic rings. The summed E-state index contributed by atoms with van der Waals surface area (Å²) >= 11 is 15.7. The van der Waals surface area contributed by atoms with Crippen molar-refractivity contribution < 1.29 is 14.3 Å². The Morgan fingerprint density at radius 3 is 2.50 bits per heavy atom. The van der Waals surface area contributed by atoms with Crippen LogP contribution in [0.1, 0.15) is 35.7 Å². The maximum atomic E-state index is 13.3. The summed E-state index contributed by atoms with van der Waals surface area (Å²) in [6.45, 7) is 10.9. The minimum Gasteiger partial charge on any atom is -0.464 e. The summed E-state index contributed by atoms with van der Waals surface area (Å²) in [6, 6.07) is 9.43. The van der Waals surface area contributed by atoms with E-state index in [-0.39, 0.29) is 0 Å². The smallest absolute Gasteiger partial charge is 0.357 e. The van der Waals surface area contributed by atoms with Crippen LogP contribution in [0.4, 0.5) is 5.82 Å². The van der Waals surface area contributed by atoms with Crippen LogP contribution < -0.4 is 4.90 Å². The summed E-state index contributed by atoms with van der Waals surface area (Å²) in [4.78, 5) is 25.2. The van der Waals surface area contributed by atoms with Gasteiger partial charge in [0.15, 0.2) is 5.69 Å². The van der Waals surface area contributed by atoms with E-state index in [9.17, 15) is 4.79 Å². The third-order valence-corrected chi connectivity index (χ3v) is 9.29. The van der Waals surface area contributed by atoms with E-state index < -0.39 is 5.97 Å². The van der Waals surface area contributed by atoms with Crippen molar-refractivity contribution in [2.24, 2.45) is 0 Å². The van der Waals surface area contributed by atoms with Gasteiger partial charge in [0.2, 0.25) is 5.13 Å². The fourth-order valence-electron chi connectivity index (χ4n) is 4.55. The Balaban J connectivity index is 1.67. The zero-order valence-electron chi connectivity index (χ0n) is 22.8. The zero-order chi connectivity index (χ0) is 28.6. The summed E-state index contributed by atoms with van der Waals surface area (Å²) < 4.78 is 13.4. The Morgan fingerprint density at radius 2 is 1.82 bits per heavy atom. The third kappa shape index (κ3) is 5.87. The summed E-state index contributed by atoms with van der Waals surface area (Å²) in [5.41, 5.74) is 4.97. The summed E-state index contributed by atoms with van der Waals surface area (Å²) in [6.07, 6.45) is 0. The molecule has 0 bridgehead atoms. The molecule has 4 heterocycles. The van der Waals surface area contributed by atoms with Gasteiger partial charge in [0.25, 0.3) is 0 Å². The molecular weight excluding hydrogens is 589 g/mol. The van der Waals surface area contributed by atoms with Gasteiger partial charge in [-0.3, -0.25) is 0 Å². The van der Waals surface area contributed by atoms with Crippen molar-refractivity contribution in [2.45, 2.75) is 37.2 Å². The fourth-order valence-corrected chi connectivity index (χ4v) is 7.33. The van der Waals surface area contributed by atoms with Crippen molar-refractivity contribution in [2.75, 3.05) is 38.3 Å². The molecule has 1 fully saturated rings. The topological polar surface area (TPSA) is 82.4 Å². The number of morpholine rings is 1. The Kier molecular flexibility index (Phi) is 8.72. The van der Waals surface area contributed by atoms with Gasteiger partial charge in [-0.25, -0.2) is 14.8 Å². The van der Waals surface area contributed by atoms with Crippen molar-refractivity contribution >= 4 is 58.1 Å². The summed E-state index contributed by atoms with van der Waals surface area (Å²) in [7, 11) is 1.37. The summed E-state index contributed by atoms with van der Waals surface area (Å²) in [5.74, 6) is 0.343. The van der Waals surface area contributed by atoms with Crippen molar-refractivity contribution in [3.8, 4) is 27.5 Å². The minimum atomic E-state index is -0.498. The molecule has 5 rings (SSSR count). The second-order valence-electron chi connectivity index (χ2n) is 9.60. The average Bonchev–Trinajstić information content (AvgIpc) is 3.50. The third-order valence-electron chi connectivity index (χ3n) is 6.30. The van der Waals surface area contributed by atoms with E-state index in [1.807, 2.05) is 32.0 Å². The highest BCUT2D eigenvalue weighted by Gasteiger charge is 2.28. The van der Waals surface area contributed by atoms with Crippen LogP contribution in [0.2, 0.25) is 10.0 Å². The van der Waals surface area contributed by atoms with Crippen LogP contribution in [0.5, 0.6) is 0 Å². The first-order chi connectivity index (χ1) is 19.2. The van der Waals surface area contributed by atoms with Gasteiger partial charge in [0.05, 0.1) is 46.0 Å². The van der Waals surface area contributed by atoms with Gasteiger partial charge in [0, 0.05) is 35.2 Å².